The number of ether oxygens (including phenoxy) is 2. The zero-order valence-corrected chi connectivity index (χ0v) is 15.1. The van der Waals surface area contributed by atoms with Crippen LogP contribution in [0.5, 0.6) is 11.5 Å². The number of benzene rings is 1. The molecular weight excluding hydrogens is 352 g/mol. The Morgan fingerprint density at radius 2 is 1.96 bits per heavy atom. The van der Waals surface area contributed by atoms with E-state index in [-0.39, 0.29) is 11.7 Å². The van der Waals surface area contributed by atoms with Crippen molar-refractivity contribution in [1.29, 1.82) is 0 Å². The van der Waals surface area contributed by atoms with Gasteiger partial charge in [-0.1, -0.05) is 5.21 Å². The predicted octanol–water partition coefficient (Wildman–Crippen LogP) is 1.42. The van der Waals surface area contributed by atoms with E-state index in [0.717, 1.165) is 12.8 Å². The van der Waals surface area contributed by atoms with Gasteiger partial charge in [-0.3, -0.25) is 4.79 Å². The van der Waals surface area contributed by atoms with E-state index >= 15 is 0 Å². The molecule has 4 rings (SSSR count). The number of carbonyl (C=O) groups is 2. The third kappa shape index (κ3) is 3.09. The molecule has 0 saturated heterocycles. The topological polar surface area (TPSA) is 107 Å². The van der Waals surface area contributed by atoms with E-state index in [4.69, 9.17) is 9.47 Å². The quantitative estimate of drug-likeness (QED) is 0.846. The Morgan fingerprint density at radius 1 is 1.26 bits per heavy atom. The van der Waals surface area contributed by atoms with E-state index in [1.54, 1.807) is 23.7 Å². The van der Waals surface area contributed by atoms with Gasteiger partial charge in [0.15, 0.2) is 17.2 Å². The van der Waals surface area contributed by atoms with E-state index in [0.29, 0.717) is 36.1 Å². The smallest absolute Gasteiger partial charge is 0.326 e. The lowest BCUT2D eigenvalue weighted by molar-refractivity contribution is -0.141. The highest BCUT2D eigenvalue weighted by atomic mass is 16.6. The van der Waals surface area contributed by atoms with Crippen LogP contribution in [0.1, 0.15) is 35.9 Å². The van der Waals surface area contributed by atoms with Gasteiger partial charge in [-0.15, -0.1) is 5.10 Å². The van der Waals surface area contributed by atoms with Crippen molar-refractivity contribution in [3.63, 3.8) is 0 Å². The maximum absolute atomic E-state index is 13.0. The molecule has 0 spiro atoms. The Hall–Kier alpha value is -3.10. The van der Waals surface area contributed by atoms with Crippen molar-refractivity contribution in [2.45, 2.75) is 38.8 Å². The summed E-state index contributed by atoms with van der Waals surface area (Å²) in [5, 5.41) is 17.5. The molecule has 1 aromatic heterocycles. The Labute approximate surface area is 155 Å². The molecule has 142 valence electrons. The second-order valence-electron chi connectivity index (χ2n) is 6.72. The number of hydrogen-bond acceptors (Lipinski definition) is 6. The fourth-order valence-electron chi connectivity index (χ4n) is 3.19. The fourth-order valence-corrected chi connectivity index (χ4v) is 3.19. The van der Waals surface area contributed by atoms with Crippen LogP contribution < -0.4 is 9.47 Å². The van der Waals surface area contributed by atoms with Gasteiger partial charge in [-0.25, -0.2) is 9.48 Å². The molecule has 1 atom stereocenters. The van der Waals surface area contributed by atoms with Crippen LogP contribution in [0, 0.1) is 6.92 Å². The van der Waals surface area contributed by atoms with Crippen molar-refractivity contribution in [2.24, 2.45) is 0 Å². The third-order valence-corrected chi connectivity index (χ3v) is 4.82. The van der Waals surface area contributed by atoms with Crippen LogP contribution in [-0.4, -0.2) is 62.2 Å². The monoisotopic (exact) mass is 372 g/mol. The minimum absolute atomic E-state index is 0.0533. The van der Waals surface area contributed by atoms with Crippen molar-refractivity contribution >= 4 is 11.9 Å². The lowest BCUT2D eigenvalue weighted by Gasteiger charge is -2.25. The summed E-state index contributed by atoms with van der Waals surface area (Å²) < 4.78 is 12.6. The van der Waals surface area contributed by atoms with Gasteiger partial charge in [-0.05, 0) is 38.8 Å². The highest BCUT2D eigenvalue weighted by Gasteiger charge is 2.40. The van der Waals surface area contributed by atoms with Gasteiger partial charge in [0.05, 0.1) is 11.4 Å². The summed E-state index contributed by atoms with van der Waals surface area (Å²) >= 11 is 0. The molecule has 0 bridgehead atoms. The molecule has 0 radical (unpaired) electrons. The first-order chi connectivity index (χ1) is 13.0. The molecule has 9 heteroatoms. The van der Waals surface area contributed by atoms with E-state index in [2.05, 4.69) is 10.3 Å². The molecule has 1 amide bonds. The summed E-state index contributed by atoms with van der Waals surface area (Å²) in [4.78, 5) is 25.8. The van der Waals surface area contributed by atoms with Gasteiger partial charge in [0.1, 0.15) is 19.3 Å². The van der Waals surface area contributed by atoms with E-state index < -0.39 is 17.9 Å². The summed E-state index contributed by atoms with van der Waals surface area (Å²) in [5.74, 6) is -0.171. The third-order valence-electron chi connectivity index (χ3n) is 4.82. The maximum Gasteiger partial charge on any atom is 0.326 e. The Balaban J connectivity index is 1.65. The first-order valence-electron chi connectivity index (χ1n) is 8.85. The molecule has 27 heavy (non-hydrogen) atoms. The number of carboxylic acids is 1. The van der Waals surface area contributed by atoms with Crippen LogP contribution >= 0.6 is 0 Å². The van der Waals surface area contributed by atoms with Crippen molar-refractivity contribution in [3.05, 3.63) is 29.6 Å². The lowest BCUT2D eigenvalue weighted by atomic mass is 10.2. The summed E-state index contributed by atoms with van der Waals surface area (Å²) in [6.07, 6.45) is 1.61. The largest absolute Gasteiger partial charge is 0.486 e. The van der Waals surface area contributed by atoms with Crippen LogP contribution in [0.3, 0.4) is 0 Å². The highest BCUT2D eigenvalue weighted by molar-refractivity contribution is 5.96. The van der Waals surface area contributed by atoms with Gasteiger partial charge in [0.25, 0.3) is 5.91 Å². The number of aliphatic carboxylic acids is 1. The van der Waals surface area contributed by atoms with Crippen LogP contribution in [0.4, 0.5) is 0 Å². The van der Waals surface area contributed by atoms with Crippen molar-refractivity contribution in [3.8, 4) is 17.2 Å². The minimum Gasteiger partial charge on any atom is -0.486 e. The van der Waals surface area contributed by atoms with Crippen LogP contribution in [0.15, 0.2) is 18.2 Å². The summed E-state index contributed by atoms with van der Waals surface area (Å²) in [6, 6.07) is 4.41. The Kier molecular flexibility index (Phi) is 4.21. The molecular formula is C18H20N4O5. The van der Waals surface area contributed by atoms with Crippen molar-refractivity contribution in [2.75, 3.05) is 13.2 Å². The number of nitrogens with zero attached hydrogens (tertiary/aromatic N) is 4. The van der Waals surface area contributed by atoms with Crippen LogP contribution in [-0.2, 0) is 4.79 Å². The normalized spacial score (nSPS) is 16.7. The molecule has 2 aliphatic rings. The Morgan fingerprint density at radius 3 is 2.63 bits per heavy atom. The van der Waals surface area contributed by atoms with Crippen molar-refractivity contribution < 1.29 is 24.2 Å². The van der Waals surface area contributed by atoms with Gasteiger partial charge in [0, 0.05) is 12.1 Å². The number of amides is 1. The Bertz CT molecular complexity index is 905. The second-order valence-corrected chi connectivity index (χ2v) is 6.72. The number of carboxylic acid groups (broad SMARTS) is 1. The first kappa shape index (κ1) is 17.3. The number of carbonyl (C=O) groups excluding carboxylic acids is 1. The number of fused-ring (bicyclic) bond motifs is 1. The summed E-state index contributed by atoms with van der Waals surface area (Å²) in [7, 11) is 0. The second kappa shape index (κ2) is 6.57. The number of hydrogen-bond donors (Lipinski definition) is 1. The van der Waals surface area contributed by atoms with E-state index in [1.807, 2.05) is 6.07 Å². The SMILES string of the molecule is Cc1c(C(=O)N(C2CC2)C(C)C(=O)O)nnn1-c1ccc2c(c1)OCCO2. The molecule has 1 unspecified atom stereocenters. The van der Waals surface area contributed by atoms with E-state index in [9.17, 15) is 14.7 Å². The van der Waals surface area contributed by atoms with Gasteiger partial charge >= 0.3 is 5.97 Å². The zero-order valence-electron chi connectivity index (χ0n) is 15.1. The van der Waals surface area contributed by atoms with Crippen LogP contribution in [0.2, 0.25) is 0 Å². The molecule has 2 aromatic rings. The van der Waals surface area contributed by atoms with E-state index in [1.165, 1.54) is 11.8 Å². The molecule has 1 fully saturated rings. The maximum atomic E-state index is 13.0. The standard InChI is InChI=1S/C18H20N4O5/c1-10-16(17(23)21(12-3-4-12)11(2)18(24)25)19-20-22(10)13-5-6-14-15(9-13)27-8-7-26-14/h5-6,9,11-12H,3-4,7-8H2,1-2H3,(H,24,25). The molecule has 1 N–H and O–H groups in total. The van der Waals surface area contributed by atoms with Gasteiger partial charge in [0.2, 0.25) is 0 Å². The molecule has 1 saturated carbocycles. The highest BCUT2D eigenvalue weighted by Crippen LogP contribution is 2.33. The molecule has 1 aromatic carbocycles. The first-order valence-corrected chi connectivity index (χ1v) is 8.85. The van der Waals surface area contributed by atoms with Gasteiger partial charge < -0.3 is 19.5 Å². The molecule has 2 heterocycles. The molecule has 1 aliphatic heterocycles. The fraction of sp³-hybridized carbons (Fsp3) is 0.444. The predicted molar refractivity (Wildman–Crippen MR) is 93.4 cm³/mol. The average Bonchev–Trinajstić information content (AvgIpc) is 3.42. The zero-order chi connectivity index (χ0) is 19.1. The van der Waals surface area contributed by atoms with Crippen LogP contribution in [0.25, 0.3) is 5.69 Å². The molecule has 1 aliphatic carbocycles. The average molecular weight is 372 g/mol. The molecule has 9 nitrogen and oxygen atoms in total. The lowest BCUT2D eigenvalue weighted by Crippen LogP contribution is -2.45. The summed E-state index contributed by atoms with van der Waals surface area (Å²) in [5.41, 5.74) is 1.39. The van der Waals surface area contributed by atoms with Gasteiger partial charge in [-0.2, -0.15) is 0 Å². The summed E-state index contributed by atoms with van der Waals surface area (Å²) in [6.45, 7) is 4.23. The minimum atomic E-state index is -1.04. The number of aromatic nitrogens is 3. The number of rotatable bonds is 5. The van der Waals surface area contributed by atoms with Crippen molar-refractivity contribution in [1.82, 2.24) is 19.9 Å².